The van der Waals surface area contributed by atoms with Crippen LogP contribution in [0.1, 0.15) is 60.5 Å². The molecule has 2 atom stereocenters. The van der Waals surface area contributed by atoms with Gasteiger partial charge < -0.3 is 10.2 Å². The summed E-state index contributed by atoms with van der Waals surface area (Å²) in [4.78, 5) is 41.1. The maximum absolute atomic E-state index is 13.1. The predicted molar refractivity (Wildman–Crippen MR) is 116 cm³/mol. The Balaban J connectivity index is 1.30. The molecule has 1 aromatic rings. The topological polar surface area (TPSA) is 81.8 Å². The largest absolute Gasteiger partial charge is 0.322 e. The first-order valence-electron chi connectivity index (χ1n) is 11.7. The Bertz CT molecular complexity index is 908. The number of hydrogen-bond acceptors (Lipinski definition) is 5. The number of rotatable bonds is 3. The van der Waals surface area contributed by atoms with Gasteiger partial charge in [0.1, 0.15) is 6.04 Å². The normalized spacial score (nSPS) is 28.7. The number of likely N-dealkylation sites (tertiary alicyclic amines) is 1. The molecule has 5 rings (SSSR count). The second-order valence-corrected chi connectivity index (χ2v) is 9.84. The summed E-state index contributed by atoms with van der Waals surface area (Å²) in [6.45, 7) is 8.16. The molecule has 31 heavy (non-hydrogen) atoms. The number of carbonyl (C=O) groups is 3. The molecule has 1 aromatic carbocycles. The monoisotopic (exact) mass is 424 g/mol. The summed E-state index contributed by atoms with van der Waals surface area (Å²) in [6.07, 6.45) is 4.48. The first-order chi connectivity index (χ1) is 15.0. The van der Waals surface area contributed by atoms with Crippen LogP contribution in [0.3, 0.4) is 0 Å². The van der Waals surface area contributed by atoms with Crippen LogP contribution < -0.4 is 10.6 Å². The van der Waals surface area contributed by atoms with E-state index in [9.17, 15) is 14.4 Å². The van der Waals surface area contributed by atoms with Crippen molar-refractivity contribution in [2.75, 3.05) is 26.2 Å². The summed E-state index contributed by atoms with van der Waals surface area (Å²) in [5.41, 5.74) is 3.43. The molecule has 3 amide bonds. The minimum Gasteiger partial charge on any atom is -0.322 e. The van der Waals surface area contributed by atoms with E-state index in [1.807, 2.05) is 12.1 Å². The molecule has 4 aliphatic heterocycles. The molecule has 0 radical (unpaired) electrons. The Morgan fingerprint density at radius 3 is 2.68 bits per heavy atom. The van der Waals surface area contributed by atoms with Gasteiger partial charge in [-0.1, -0.05) is 19.1 Å². The highest BCUT2D eigenvalue weighted by Crippen LogP contribution is 2.44. The maximum atomic E-state index is 13.1. The summed E-state index contributed by atoms with van der Waals surface area (Å²) in [5.74, 6) is -0.0263. The number of imide groups is 1. The van der Waals surface area contributed by atoms with Crippen LogP contribution in [0, 0.1) is 11.3 Å². The van der Waals surface area contributed by atoms with E-state index in [0.717, 1.165) is 38.3 Å². The van der Waals surface area contributed by atoms with Crippen molar-refractivity contribution in [3.63, 3.8) is 0 Å². The van der Waals surface area contributed by atoms with Gasteiger partial charge in [0, 0.05) is 31.6 Å². The van der Waals surface area contributed by atoms with Crippen molar-refractivity contribution in [1.82, 2.24) is 20.4 Å². The number of hydrogen-bond donors (Lipinski definition) is 2. The summed E-state index contributed by atoms with van der Waals surface area (Å²) < 4.78 is 0. The number of amides is 3. The molecule has 4 aliphatic rings. The summed E-state index contributed by atoms with van der Waals surface area (Å²) in [6, 6.07) is 5.40. The van der Waals surface area contributed by atoms with Crippen LogP contribution in [0.25, 0.3) is 0 Å². The average Bonchev–Trinajstić information content (AvgIpc) is 3.09. The van der Waals surface area contributed by atoms with Crippen LogP contribution in [0.4, 0.5) is 0 Å². The number of piperidine rings is 3. The third-order valence-corrected chi connectivity index (χ3v) is 8.18. The van der Waals surface area contributed by atoms with Crippen molar-refractivity contribution in [1.29, 1.82) is 0 Å². The Hall–Kier alpha value is -2.25. The molecule has 0 saturated carbocycles. The van der Waals surface area contributed by atoms with E-state index >= 15 is 0 Å². The SMILES string of the molecule is CC1CN(Cc2cccc3c2CN(C2CCC(=O)NC2=O)C3=O)CCC12CCNCC2. The van der Waals surface area contributed by atoms with Crippen LogP contribution in [0.15, 0.2) is 18.2 Å². The number of nitrogens with one attached hydrogen (secondary N) is 2. The molecule has 4 heterocycles. The predicted octanol–water partition coefficient (Wildman–Crippen LogP) is 1.66. The summed E-state index contributed by atoms with van der Waals surface area (Å²) >= 11 is 0. The highest BCUT2D eigenvalue weighted by Gasteiger charge is 2.42. The molecule has 7 heteroatoms. The number of benzene rings is 1. The van der Waals surface area contributed by atoms with E-state index in [1.165, 1.54) is 24.8 Å². The number of fused-ring (bicyclic) bond motifs is 1. The fraction of sp³-hybridized carbons (Fsp3) is 0.625. The highest BCUT2D eigenvalue weighted by molar-refractivity contribution is 6.05. The molecule has 2 unspecified atom stereocenters. The van der Waals surface area contributed by atoms with Gasteiger partial charge in [0.2, 0.25) is 11.8 Å². The van der Waals surface area contributed by atoms with Gasteiger partial charge in [-0.3, -0.25) is 24.6 Å². The van der Waals surface area contributed by atoms with Crippen molar-refractivity contribution in [2.24, 2.45) is 11.3 Å². The molecule has 3 fully saturated rings. The zero-order chi connectivity index (χ0) is 21.6. The van der Waals surface area contributed by atoms with E-state index in [0.29, 0.717) is 29.9 Å². The lowest BCUT2D eigenvalue weighted by molar-refractivity contribution is -0.136. The molecule has 2 N–H and O–H groups in total. The molecule has 0 aliphatic carbocycles. The van der Waals surface area contributed by atoms with E-state index in [-0.39, 0.29) is 24.1 Å². The molecule has 0 bridgehead atoms. The van der Waals surface area contributed by atoms with Crippen LogP contribution in [0.2, 0.25) is 0 Å². The second-order valence-electron chi connectivity index (χ2n) is 9.84. The van der Waals surface area contributed by atoms with Crippen LogP contribution >= 0.6 is 0 Å². The van der Waals surface area contributed by atoms with Crippen LogP contribution in [0.5, 0.6) is 0 Å². The van der Waals surface area contributed by atoms with E-state index in [1.54, 1.807) is 4.90 Å². The molecule has 166 valence electrons. The van der Waals surface area contributed by atoms with Gasteiger partial charge in [-0.05, 0) is 73.8 Å². The zero-order valence-electron chi connectivity index (χ0n) is 18.3. The van der Waals surface area contributed by atoms with Crippen LogP contribution in [-0.2, 0) is 22.7 Å². The lowest BCUT2D eigenvalue weighted by Crippen LogP contribution is -2.52. The smallest absolute Gasteiger partial charge is 0.255 e. The van der Waals surface area contributed by atoms with Crippen molar-refractivity contribution >= 4 is 17.7 Å². The number of carbonyl (C=O) groups excluding carboxylic acids is 3. The lowest BCUT2D eigenvalue weighted by atomic mass is 9.65. The average molecular weight is 425 g/mol. The van der Waals surface area contributed by atoms with Gasteiger partial charge in [0.25, 0.3) is 5.91 Å². The standard InChI is InChI=1S/C24H32N4O3/c1-16-13-27(12-9-24(16)7-10-25-11-8-24)14-17-3-2-4-18-19(17)15-28(23(18)31)20-5-6-21(29)26-22(20)30/h2-4,16,20,25H,5-15H2,1H3,(H,26,29,30). The Kier molecular flexibility index (Phi) is 5.34. The molecule has 7 nitrogen and oxygen atoms in total. The van der Waals surface area contributed by atoms with E-state index < -0.39 is 6.04 Å². The Labute approximate surface area is 183 Å². The fourth-order valence-corrected chi connectivity index (χ4v) is 6.15. The Morgan fingerprint density at radius 2 is 1.94 bits per heavy atom. The minimum absolute atomic E-state index is 0.0907. The van der Waals surface area contributed by atoms with Gasteiger partial charge in [-0.2, -0.15) is 0 Å². The summed E-state index contributed by atoms with van der Waals surface area (Å²) in [7, 11) is 0. The molecule has 3 saturated heterocycles. The maximum Gasteiger partial charge on any atom is 0.255 e. The van der Waals surface area contributed by atoms with Gasteiger partial charge >= 0.3 is 0 Å². The molecule has 0 aromatic heterocycles. The quantitative estimate of drug-likeness (QED) is 0.722. The molecular formula is C24H32N4O3. The van der Waals surface area contributed by atoms with Crippen molar-refractivity contribution < 1.29 is 14.4 Å². The third-order valence-electron chi connectivity index (χ3n) is 8.18. The highest BCUT2D eigenvalue weighted by atomic mass is 16.2. The first-order valence-corrected chi connectivity index (χ1v) is 11.7. The van der Waals surface area contributed by atoms with Gasteiger partial charge in [-0.25, -0.2) is 0 Å². The van der Waals surface area contributed by atoms with Crippen molar-refractivity contribution in [3.8, 4) is 0 Å². The van der Waals surface area contributed by atoms with E-state index in [2.05, 4.69) is 28.5 Å². The van der Waals surface area contributed by atoms with Gasteiger partial charge in [0.05, 0.1) is 0 Å². The van der Waals surface area contributed by atoms with Crippen molar-refractivity contribution in [3.05, 3.63) is 34.9 Å². The lowest BCUT2D eigenvalue weighted by Gasteiger charge is -2.49. The molecule has 1 spiro atoms. The van der Waals surface area contributed by atoms with E-state index in [4.69, 9.17) is 0 Å². The third kappa shape index (κ3) is 3.68. The van der Waals surface area contributed by atoms with Crippen LogP contribution in [-0.4, -0.2) is 59.7 Å². The minimum atomic E-state index is -0.555. The number of nitrogens with zero attached hydrogens (tertiary/aromatic N) is 2. The second kappa shape index (κ2) is 8.02. The fourth-order valence-electron chi connectivity index (χ4n) is 6.15. The van der Waals surface area contributed by atoms with Gasteiger partial charge in [-0.15, -0.1) is 0 Å². The first kappa shape index (κ1) is 20.6. The molecular weight excluding hydrogens is 392 g/mol. The summed E-state index contributed by atoms with van der Waals surface area (Å²) in [5, 5.41) is 5.88. The Morgan fingerprint density at radius 1 is 1.13 bits per heavy atom. The zero-order valence-corrected chi connectivity index (χ0v) is 18.3. The van der Waals surface area contributed by atoms with Gasteiger partial charge in [0.15, 0.2) is 0 Å². The van der Waals surface area contributed by atoms with Crippen molar-refractivity contribution in [2.45, 2.75) is 58.2 Å².